The van der Waals surface area contributed by atoms with Crippen molar-refractivity contribution in [3.63, 3.8) is 0 Å². The second kappa shape index (κ2) is 4.42. The van der Waals surface area contributed by atoms with Crippen molar-refractivity contribution < 1.29 is 19.1 Å². The molecule has 1 fully saturated rings. The Balaban J connectivity index is 1.81. The van der Waals surface area contributed by atoms with E-state index >= 15 is 0 Å². The highest BCUT2D eigenvalue weighted by Gasteiger charge is 2.37. The van der Waals surface area contributed by atoms with E-state index in [0.717, 1.165) is 18.2 Å². The van der Waals surface area contributed by atoms with Gasteiger partial charge < -0.3 is 14.8 Å². The first-order valence-electron chi connectivity index (χ1n) is 6.17. The van der Waals surface area contributed by atoms with Crippen molar-refractivity contribution in [3.05, 3.63) is 36.1 Å². The predicted octanol–water partition coefficient (Wildman–Crippen LogP) is 2.03. The third-order valence-corrected chi connectivity index (χ3v) is 3.30. The largest absolute Gasteiger partial charge is 0.480 e. The van der Waals surface area contributed by atoms with Gasteiger partial charge in [0, 0.05) is 5.39 Å². The number of hydrogen-bond donors (Lipinski definition) is 2. The molecule has 1 amide bonds. The lowest BCUT2D eigenvalue weighted by atomic mass is 10.2. The molecule has 3 rings (SSSR count). The molecule has 0 aliphatic heterocycles. The molecular formula is C14H13NO4. The van der Waals surface area contributed by atoms with Crippen LogP contribution in [0.15, 0.2) is 34.7 Å². The highest BCUT2D eigenvalue weighted by atomic mass is 16.4. The zero-order chi connectivity index (χ0) is 13.4. The molecule has 2 N–H and O–H groups in total. The molecule has 98 valence electrons. The monoisotopic (exact) mass is 259 g/mol. The number of carbonyl (C=O) groups excluding carboxylic acids is 1. The quantitative estimate of drug-likeness (QED) is 0.880. The van der Waals surface area contributed by atoms with Crippen molar-refractivity contribution in [2.75, 3.05) is 0 Å². The predicted molar refractivity (Wildman–Crippen MR) is 67.8 cm³/mol. The topological polar surface area (TPSA) is 79.5 Å². The summed E-state index contributed by atoms with van der Waals surface area (Å²) in [6.07, 6.45) is 1.69. The van der Waals surface area contributed by atoms with Crippen LogP contribution < -0.4 is 5.32 Å². The van der Waals surface area contributed by atoms with E-state index in [1.807, 2.05) is 18.2 Å². The van der Waals surface area contributed by atoms with Crippen LogP contribution >= 0.6 is 0 Å². The Bertz CT molecular complexity index is 609. The van der Waals surface area contributed by atoms with E-state index in [2.05, 4.69) is 5.32 Å². The van der Waals surface area contributed by atoms with Crippen LogP contribution in [0.2, 0.25) is 0 Å². The lowest BCUT2D eigenvalue weighted by Crippen LogP contribution is -2.42. The van der Waals surface area contributed by atoms with Crippen molar-refractivity contribution in [3.8, 4) is 0 Å². The molecule has 1 atom stereocenters. The van der Waals surface area contributed by atoms with E-state index in [9.17, 15) is 9.59 Å². The fourth-order valence-electron chi connectivity index (χ4n) is 2.12. The first-order valence-corrected chi connectivity index (χ1v) is 6.17. The number of aliphatic carboxylic acids is 1. The van der Waals surface area contributed by atoms with Gasteiger partial charge in [-0.1, -0.05) is 18.2 Å². The van der Waals surface area contributed by atoms with Crippen LogP contribution in [-0.2, 0) is 4.79 Å². The molecule has 5 nitrogen and oxygen atoms in total. The molecule has 0 bridgehead atoms. The van der Waals surface area contributed by atoms with E-state index in [4.69, 9.17) is 9.52 Å². The summed E-state index contributed by atoms with van der Waals surface area (Å²) >= 11 is 0. The van der Waals surface area contributed by atoms with Gasteiger partial charge in [0.25, 0.3) is 5.91 Å². The summed E-state index contributed by atoms with van der Waals surface area (Å²) in [6, 6.07) is 8.07. The van der Waals surface area contributed by atoms with E-state index in [1.165, 1.54) is 0 Å². The summed E-state index contributed by atoms with van der Waals surface area (Å²) in [5, 5.41) is 12.4. The molecule has 0 saturated heterocycles. The lowest BCUT2D eigenvalue weighted by Gasteiger charge is -2.11. The second-order valence-electron chi connectivity index (χ2n) is 4.78. The maximum atomic E-state index is 12.0. The molecule has 1 aromatic carbocycles. The maximum Gasteiger partial charge on any atom is 0.326 e. The Morgan fingerprint density at radius 2 is 2.05 bits per heavy atom. The van der Waals surface area contributed by atoms with Gasteiger partial charge in [-0.3, -0.25) is 4.79 Å². The molecule has 0 radical (unpaired) electrons. The Labute approximate surface area is 109 Å². The minimum Gasteiger partial charge on any atom is -0.480 e. The minimum atomic E-state index is -0.994. The Morgan fingerprint density at radius 1 is 1.32 bits per heavy atom. The molecule has 1 saturated carbocycles. The fourth-order valence-corrected chi connectivity index (χ4v) is 2.12. The molecule has 1 aromatic heterocycles. The van der Waals surface area contributed by atoms with Crippen molar-refractivity contribution >= 4 is 22.8 Å². The van der Waals surface area contributed by atoms with E-state index in [0.29, 0.717) is 5.58 Å². The smallest absolute Gasteiger partial charge is 0.326 e. The summed E-state index contributed by atoms with van der Waals surface area (Å²) in [5.41, 5.74) is 0.617. The van der Waals surface area contributed by atoms with Crippen LogP contribution in [0.3, 0.4) is 0 Å². The average molecular weight is 259 g/mol. The number of para-hydroxylation sites is 1. The number of carboxylic acid groups (broad SMARTS) is 1. The number of carbonyl (C=O) groups is 2. The fraction of sp³-hybridized carbons (Fsp3) is 0.286. The minimum absolute atomic E-state index is 0.0471. The lowest BCUT2D eigenvalue weighted by molar-refractivity contribution is -0.139. The van der Waals surface area contributed by atoms with Gasteiger partial charge in [-0.05, 0) is 30.9 Å². The normalized spacial score (nSPS) is 16.2. The molecule has 1 unspecified atom stereocenters. The maximum absolute atomic E-state index is 12.0. The van der Waals surface area contributed by atoms with Crippen molar-refractivity contribution in [2.24, 2.45) is 5.92 Å². The van der Waals surface area contributed by atoms with Crippen LogP contribution in [0.25, 0.3) is 11.0 Å². The Morgan fingerprint density at radius 3 is 2.68 bits per heavy atom. The van der Waals surface area contributed by atoms with Crippen LogP contribution in [0.5, 0.6) is 0 Å². The van der Waals surface area contributed by atoms with Gasteiger partial charge in [-0.25, -0.2) is 4.79 Å². The first-order chi connectivity index (χ1) is 9.15. The number of furan rings is 1. The van der Waals surface area contributed by atoms with Crippen LogP contribution in [0, 0.1) is 5.92 Å². The molecule has 0 spiro atoms. The third-order valence-electron chi connectivity index (χ3n) is 3.30. The number of hydrogen-bond acceptors (Lipinski definition) is 3. The first kappa shape index (κ1) is 11.8. The van der Waals surface area contributed by atoms with Crippen molar-refractivity contribution in [1.29, 1.82) is 0 Å². The molecule has 1 aliphatic rings. The van der Waals surface area contributed by atoms with E-state index < -0.39 is 17.9 Å². The SMILES string of the molecule is O=C(NC(C(=O)O)C1CC1)c1cc2ccccc2o1. The van der Waals surface area contributed by atoms with Gasteiger partial charge in [-0.2, -0.15) is 0 Å². The van der Waals surface area contributed by atoms with Gasteiger partial charge in [-0.15, -0.1) is 0 Å². The van der Waals surface area contributed by atoms with Crippen molar-refractivity contribution in [2.45, 2.75) is 18.9 Å². The van der Waals surface area contributed by atoms with Crippen LogP contribution in [-0.4, -0.2) is 23.0 Å². The summed E-state index contributed by atoms with van der Waals surface area (Å²) < 4.78 is 5.41. The summed E-state index contributed by atoms with van der Waals surface area (Å²) in [6.45, 7) is 0. The summed E-state index contributed by atoms with van der Waals surface area (Å²) in [4.78, 5) is 23.1. The average Bonchev–Trinajstić information content (AvgIpc) is 3.12. The van der Waals surface area contributed by atoms with Crippen LogP contribution in [0.1, 0.15) is 23.4 Å². The Hall–Kier alpha value is -2.30. The zero-order valence-corrected chi connectivity index (χ0v) is 10.1. The summed E-state index contributed by atoms with van der Waals surface area (Å²) in [7, 11) is 0. The van der Waals surface area contributed by atoms with E-state index in [-0.39, 0.29) is 11.7 Å². The number of fused-ring (bicyclic) bond motifs is 1. The van der Waals surface area contributed by atoms with E-state index in [1.54, 1.807) is 12.1 Å². The molecular weight excluding hydrogens is 246 g/mol. The molecule has 1 aliphatic carbocycles. The zero-order valence-electron chi connectivity index (χ0n) is 10.1. The van der Waals surface area contributed by atoms with Gasteiger partial charge in [0.1, 0.15) is 11.6 Å². The molecule has 5 heteroatoms. The van der Waals surface area contributed by atoms with Crippen molar-refractivity contribution in [1.82, 2.24) is 5.32 Å². The van der Waals surface area contributed by atoms with Gasteiger partial charge >= 0.3 is 5.97 Å². The second-order valence-corrected chi connectivity index (χ2v) is 4.78. The van der Waals surface area contributed by atoms with Gasteiger partial charge in [0.15, 0.2) is 5.76 Å². The van der Waals surface area contributed by atoms with Gasteiger partial charge in [0.05, 0.1) is 0 Å². The molecule has 1 heterocycles. The Kier molecular flexibility index (Phi) is 2.74. The molecule has 2 aromatic rings. The summed E-state index contributed by atoms with van der Waals surface area (Å²) in [5.74, 6) is -1.28. The molecule has 19 heavy (non-hydrogen) atoms. The number of nitrogens with one attached hydrogen (secondary N) is 1. The van der Waals surface area contributed by atoms with Crippen LogP contribution in [0.4, 0.5) is 0 Å². The number of carboxylic acids is 1. The third kappa shape index (κ3) is 2.31. The number of rotatable bonds is 4. The highest BCUT2D eigenvalue weighted by molar-refractivity contribution is 5.98. The van der Waals surface area contributed by atoms with Gasteiger partial charge in [0.2, 0.25) is 0 Å². The standard InChI is InChI=1S/C14H13NO4/c16-13(15-12(14(17)18)8-5-6-8)11-7-9-3-1-2-4-10(9)19-11/h1-4,7-8,12H,5-6H2,(H,15,16)(H,17,18). The number of amides is 1. The number of benzene rings is 1. The highest BCUT2D eigenvalue weighted by Crippen LogP contribution is 2.33.